The first-order chi connectivity index (χ1) is 6.49. The molecule has 0 aliphatic heterocycles. The molecule has 0 saturated carbocycles. The zero-order chi connectivity index (χ0) is 10.9. The summed E-state index contributed by atoms with van der Waals surface area (Å²) < 4.78 is 1.86. The summed E-state index contributed by atoms with van der Waals surface area (Å²) in [7, 11) is 3.49. The first-order valence-corrected chi connectivity index (χ1v) is 4.74. The van der Waals surface area contributed by atoms with Crippen LogP contribution >= 0.6 is 0 Å². The van der Waals surface area contributed by atoms with Crippen molar-refractivity contribution in [3.63, 3.8) is 0 Å². The van der Waals surface area contributed by atoms with E-state index in [4.69, 9.17) is 0 Å². The Morgan fingerprint density at radius 3 is 2.43 bits per heavy atom. The van der Waals surface area contributed by atoms with Gasteiger partial charge in [-0.1, -0.05) is 13.8 Å². The molecule has 0 aromatic carbocycles. The fourth-order valence-electron chi connectivity index (χ4n) is 1.77. The molecule has 4 heteroatoms. The minimum atomic E-state index is -0.137. The maximum Gasteiger partial charge on any atom is 0.287 e. The second-order valence-corrected chi connectivity index (χ2v) is 3.70. The molecule has 14 heavy (non-hydrogen) atoms. The Kier molecular flexibility index (Phi) is 2.93. The Morgan fingerprint density at radius 1 is 1.50 bits per heavy atom. The van der Waals surface area contributed by atoms with Crippen LogP contribution in [0.4, 0.5) is 0 Å². The lowest BCUT2D eigenvalue weighted by Gasteiger charge is -2.08. The van der Waals surface area contributed by atoms with Crippen LogP contribution in [0.3, 0.4) is 0 Å². The molecule has 1 N–H and O–H groups in total. The Balaban J connectivity index is 3.23. The summed E-state index contributed by atoms with van der Waals surface area (Å²) in [6.07, 6.45) is 0. The number of hydrogen-bond donors (Lipinski definition) is 1. The summed E-state index contributed by atoms with van der Waals surface area (Å²) in [5.41, 5.74) is 2.05. The minimum Gasteiger partial charge on any atom is -0.352 e. The third-order valence-electron chi connectivity index (χ3n) is 2.30. The number of amides is 1. The van der Waals surface area contributed by atoms with Crippen LogP contribution in [0.1, 0.15) is 41.8 Å². The van der Waals surface area contributed by atoms with Gasteiger partial charge in [-0.3, -0.25) is 4.79 Å². The van der Waals surface area contributed by atoms with Crippen LogP contribution in [-0.2, 0) is 7.05 Å². The summed E-state index contributed by atoms with van der Waals surface area (Å²) in [6, 6.07) is 0. The Morgan fingerprint density at radius 2 is 2.07 bits per heavy atom. The lowest BCUT2D eigenvalue weighted by molar-refractivity contribution is 0.0949. The van der Waals surface area contributed by atoms with E-state index in [1.54, 1.807) is 7.05 Å². The highest BCUT2D eigenvalue weighted by atomic mass is 16.2. The van der Waals surface area contributed by atoms with Crippen molar-refractivity contribution in [2.75, 3.05) is 7.05 Å². The molecular formula is C10H17N3O. The summed E-state index contributed by atoms with van der Waals surface area (Å²) in [6.45, 7) is 6.12. The minimum absolute atomic E-state index is 0.137. The van der Waals surface area contributed by atoms with Gasteiger partial charge in [-0.15, -0.1) is 0 Å². The fourth-order valence-corrected chi connectivity index (χ4v) is 1.77. The lowest BCUT2D eigenvalue weighted by Crippen LogP contribution is -2.22. The van der Waals surface area contributed by atoms with Crippen LogP contribution in [0, 0.1) is 6.92 Å². The molecule has 0 aliphatic rings. The summed E-state index contributed by atoms with van der Waals surface area (Å²) >= 11 is 0. The summed E-state index contributed by atoms with van der Waals surface area (Å²) in [5.74, 6) is 0.724. The van der Waals surface area contributed by atoms with E-state index in [1.807, 2.05) is 18.5 Å². The molecule has 1 amide bonds. The number of aromatic nitrogens is 2. The third kappa shape index (κ3) is 1.64. The molecule has 0 spiro atoms. The first-order valence-electron chi connectivity index (χ1n) is 4.74. The van der Waals surface area contributed by atoms with E-state index in [0.717, 1.165) is 11.4 Å². The molecule has 1 aromatic heterocycles. The number of carbonyl (C=O) groups excluding carboxylic acids is 1. The van der Waals surface area contributed by atoms with Gasteiger partial charge in [0.25, 0.3) is 5.91 Å². The SMILES string of the molecule is CNC(=O)c1nc(C)c(C(C)C)n1C. The average molecular weight is 195 g/mol. The van der Waals surface area contributed by atoms with Gasteiger partial charge in [0, 0.05) is 19.8 Å². The maximum atomic E-state index is 11.4. The van der Waals surface area contributed by atoms with Gasteiger partial charge < -0.3 is 9.88 Å². The van der Waals surface area contributed by atoms with Crippen molar-refractivity contribution in [3.05, 3.63) is 17.2 Å². The Hall–Kier alpha value is -1.32. The van der Waals surface area contributed by atoms with Gasteiger partial charge in [0.05, 0.1) is 5.69 Å². The molecular weight excluding hydrogens is 178 g/mol. The van der Waals surface area contributed by atoms with Crippen LogP contribution in [0.15, 0.2) is 0 Å². The predicted octanol–water partition coefficient (Wildman–Crippen LogP) is 1.21. The number of imidazole rings is 1. The van der Waals surface area contributed by atoms with Gasteiger partial charge >= 0.3 is 0 Å². The molecule has 0 fully saturated rings. The number of nitrogens with one attached hydrogen (secondary N) is 1. The number of nitrogens with zero attached hydrogens (tertiary/aromatic N) is 2. The molecule has 0 unspecified atom stereocenters. The molecule has 1 rings (SSSR count). The van der Waals surface area contributed by atoms with E-state index in [9.17, 15) is 4.79 Å². The second-order valence-electron chi connectivity index (χ2n) is 3.70. The quantitative estimate of drug-likeness (QED) is 0.771. The number of hydrogen-bond acceptors (Lipinski definition) is 2. The smallest absolute Gasteiger partial charge is 0.287 e. The average Bonchev–Trinajstić information content (AvgIpc) is 2.40. The topological polar surface area (TPSA) is 46.9 Å². The van der Waals surface area contributed by atoms with Crippen LogP contribution in [0.2, 0.25) is 0 Å². The zero-order valence-electron chi connectivity index (χ0n) is 9.38. The molecule has 78 valence electrons. The van der Waals surface area contributed by atoms with E-state index in [-0.39, 0.29) is 5.91 Å². The molecule has 1 aromatic rings. The van der Waals surface area contributed by atoms with Crippen LogP contribution < -0.4 is 5.32 Å². The van der Waals surface area contributed by atoms with E-state index in [0.29, 0.717) is 11.7 Å². The Bertz CT molecular complexity index is 352. The molecule has 0 aliphatic carbocycles. The highest BCUT2D eigenvalue weighted by Crippen LogP contribution is 2.19. The third-order valence-corrected chi connectivity index (χ3v) is 2.30. The monoisotopic (exact) mass is 195 g/mol. The van der Waals surface area contributed by atoms with Crippen LogP contribution in [0.25, 0.3) is 0 Å². The van der Waals surface area contributed by atoms with Gasteiger partial charge in [-0.2, -0.15) is 0 Å². The highest BCUT2D eigenvalue weighted by molar-refractivity contribution is 5.90. The summed E-state index contributed by atoms with van der Waals surface area (Å²) in [4.78, 5) is 15.7. The van der Waals surface area contributed by atoms with Gasteiger partial charge in [-0.25, -0.2) is 4.98 Å². The second kappa shape index (κ2) is 3.82. The van der Waals surface area contributed by atoms with Crippen molar-refractivity contribution in [1.29, 1.82) is 0 Å². The van der Waals surface area contributed by atoms with Crippen molar-refractivity contribution < 1.29 is 4.79 Å². The fraction of sp³-hybridized carbons (Fsp3) is 0.600. The van der Waals surface area contributed by atoms with Crippen molar-refractivity contribution in [3.8, 4) is 0 Å². The predicted molar refractivity (Wildman–Crippen MR) is 55.4 cm³/mol. The van der Waals surface area contributed by atoms with E-state index in [1.165, 1.54) is 0 Å². The largest absolute Gasteiger partial charge is 0.352 e. The lowest BCUT2D eigenvalue weighted by atomic mass is 10.1. The first kappa shape index (κ1) is 10.8. The zero-order valence-corrected chi connectivity index (χ0v) is 9.38. The molecule has 0 radical (unpaired) electrons. The number of carbonyl (C=O) groups is 1. The standard InChI is InChI=1S/C10H17N3O/c1-6(2)8-7(3)12-9(13(8)5)10(14)11-4/h6H,1-5H3,(H,11,14). The van der Waals surface area contributed by atoms with Crippen molar-refractivity contribution >= 4 is 5.91 Å². The maximum absolute atomic E-state index is 11.4. The highest BCUT2D eigenvalue weighted by Gasteiger charge is 2.18. The normalized spacial score (nSPS) is 10.7. The van der Waals surface area contributed by atoms with Crippen molar-refractivity contribution in [1.82, 2.24) is 14.9 Å². The molecule has 0 atom stereocenters. The number of rotatable bonds is 2. The van der Waals surface area contributed by atoms with Crippen LogP contribution in [-0.4, -0.2) is 22.5 Å². The van der Waals surface area contributed by atoms with Gasteiger partial charge in [-0.05, 0) is 12.8 Å². The summed E-state index contributed by atoms with van der Waals surface area (Å²) in [5, 5.41) is 2.58. The Labute approximate surface area is 84.3 Å². The molecule has 0 bridgehead atoms. The molecule has 0 saturated heterocycles. The van der Waals surface area contributed by atoms with Crippen LogP contribution in [0.5, 0.6) is 0 Å². The molecule has 1 heterocycles. The van der Waals surface area contributed by atoms with Gasteiger partial charge in [0.1, 0.15) is 0 Å². The van der Waals surface area contributed by atoms with E-state index in [2.05, 4.69) is 24.1 Å². The molecule has 4 nitrogen and oxygen atoms in total. The van der Waals surface area contributed by atoms with Crippen molar-refractivity contribution in [2.24, 2.45) is 7.05 Å². The van der Waals surface area contributed by atoms with Gasteiger partial charge in [0.2, 0.25) is 0 Å². The van der Waals surface area contributed by atoms with E-state index >= 15 is 0 Å². The van der Waals surface area contributed by atoms with E-state index < -0.39 is 0 Å². The van der Waals surface area contributed by atoms with Crippen molar-refractivity contribution in [2.45, 2.75) is 26.7 Å². The van der Waals surface area contributed by atoms with Gasteiger partial charge in [0.15, 0.2) is 5.82 Å². The number of aryl methyl sites for hydroxylation is 1.